The zero-order valence-electron chi connectivity index (χ0n) is 10.6. The van der Waals surface area contributed by atoms with Gasteiger partial charge in [-0.3, -0.25) is 0 Å². The molecule has 92 valence electrons. The van der Waals surface area contributed by atoms with Crippen molar-refractivity contribution in [2.24, 2.45) is 11.7 Å². The first-order valence-electron chi connectivity index (χ1n) is 5.88. The quantitative estimate of drug-likeness (QED) is 0.798. The van der Waals surface area contributed by atoms with Crippen LogP contribution in [0.25, 0.3) is 0 Å². The second-order valence-corrected chi connectivity index (χ2v) is 4.92. The van der Waals surface area contributed by atoms with Gasteiger partial charge in [-0.15, -0.1) is 0 Å². The van der Waals surface area contributed by atoms with Crippen LogP contribution in [0.15, 0.2) is 12.4 Å². The molecule has 2 atom stereocenters. The predicted octanol–water partition coefficient (Wildman–Crippen LogP) is 1.52. The van der Waals surface area contributed by atoms with Crippen LogP contribution in [0.3, 0.4) is 0 Å². The molecule has 0 aliphatic rings. The Morgan fingerprint density at radius 2 is 2.00 bits per heavy atom. The first-order valence-corrected chi connectivity index (χ1v) is 5.88. The summed E-state index contributed by atoms with van der Waals surface area (Å²) in [7, 11) is 0. The molecule has 0 aliphatic carbocycles. The number of nitrogens with two attached hydrogens (primary N) is 1. The maximum absolute atomic E-state index is 9.49. The molecule has 4 heteroatoms. The van der Waals surface area contributed by atoms with E-state index in [1.54, 1.807) is 6.20 Å². The number of aromatic nitrogens is 2. The van der Waals surface area contributed by atoms with Crippen LogP contribution in [0.1, 0.15) is 45.5 Å². The fourth-order valence-electron chi connectivity index (χ4n) is 1.89. The Balaban J connectivity index is 2.99. The number of imidazole rings is 1. The Morgan fingerprint density at radius 1 is 1.38 bits per heavy atom. The smallest absolute Gasteiger partial charge is 0.111 e. The Kier molecular flexibility index (Phi) is 4.50. The van der Waals surface area contributed by atoms with Crippen LogP contribution in [-0.4, -0.2) is 27.3 Å². The molecule has 1 aromatic rings. The summed E-state index contributed by atoms with van der Waals surface area (Å²) in [6.07, 6.45) is 3.67. The predicted molar refractivity (Wildman–Crippen MR) is 65.3 cm³/mol. The molecule has 1 aromatic heterocycles. The van der Waals surface area contributed by atoms with Gasteiger partial charge in [0.1, 0.15) is 5.82 Å². The van der Waals surface area contributed by atoms with Gasteiger partial charge in [0.05, 0.1) is 12.6 Å². The third kappa shape index (κ3) is 2.62. The van der Waals surface area contributed by atoms with E-state index in [2.05, 4.69) is 32.7 Å². The number of rotatable bonds is 5. The molecule has 0 saturated heterocycles. The van der Waals surface area contributed by atoms with Crippen molar-refractivity contribution in [1.29, 1.82) is 0 Å². The number of aliphatic hydroxyl groups is 1. The van der Waals surface area contributed by atoms with E-state index >= 15 is 0 Å². The summed E-state index contributed by atoms with van der Waals surface area (Å²) >= 11 is 0. The van der Waals surface area contributed by atoms with E-state index in [0.717, 1.165) is 5.82 Å². The highest BCUT2D eigenvalue weighted by atomic mass is 16.3. The highest BCUT2D eigenvalue weighted by Crippen LogP contribution is 2.21. The number of hydrogen-bond acceptors (Lipinski definition) is 3. The van der Waals surface area contributed by atoms with Crippen molar-refractivity contribution >= 4 is 0 Å². The van der Waals surface area contributed by atoms with Crippen molar-refractivity contribution in [1.82, 2.24) is 9.55 Å². The van der Waals surface area contributed by atoms with E-state index in [0.29, 0.717) is 11.8 Å². The van der Waals surface area contributed by atoms with E-state index in [1.807, 2.05) is 10.8 Å². The van der Waals surface area contributed by atoms with Gasteiger partial charge in [0, 0.05) is 24.4 Å². The monoisotopic (exact) mass is 225 g/mol. The van der Waals surface area contributed by atoms with Crippen molar-refractivity contribution in [2.75, 3.05) is 6.61 Å². The number of nitrogens with zero attached hydrogens (tertiary/aromatic N) is 2. The summed E-state index contributed by atoms with van der Waals surface area (Å²) in [5.41, 5.74) is 6.12. The molecule has 2 unspecified atom stereocenters. The molecule has 1 rings (SSSR count). The lowest BCUT2D eigenvalue weighted by molar-refractivity contribution is 0.185. The third-order valence-corrected chi connectivity index (χ3v) is 2.97. The fraction of sp³-hybridized carbons (Fsp3) is 0.750. The lowest BCUT2D eigenvalue weighted by Gasteiger charge is -2.28. The molecular weight excluding hydrogens is 202 g/mol. The van der Waals surface area contributed by atoms with E-state index < -0.39 is 0 Å². The first-order chi connectivity index (χ1) is 7.49. The van der Waals surface area contributed by atoms with Crippen LogP contribution >= 0.6 is 0 Å². The molecule has 0 radical (unpaired) electrons. The zero-order valence-corrected chi connectivity index (χ0v) is 10.6. The second kappa shape index (κ2) is 5.46. The number of hydrogen-bond donors (Lipinski definition) is 2. The normalized spacial score (nSPS) is 15.8. The van der Waals surface area contributed by atoms with Crippen LogP contribution in [0.4, 0.5) is 0 Å². The van der Waals surface area contributed by atoms with E-state index in [-0.39, 0.29) is 18.7 Å². The van der Waals surface area contributed by atoms with Crippen molar-refractivity contribution in [3.63, 3.8) is 0 Å². The Morgan fingerprint density at radius 3 is 2.44 bits per heavy atom. The van der Waals surface area contributed by atoms with Gasteiger partial charge in [0.15, 0.2) is 0 Å². The van der Waals surface area contributed by atoms with Crippen molar-refractivity contribution in [3.05, 3.63) is 18.2 Å². The minimum Gasteiger partial charge on any atom is -0.394 e. The summed E-state index contributed by atoms with van der Waals surface area (Å²) in [5.74, 6) is 1.65. The number of aliphatic hydroxyl groups excluding tert-OH is 1. The van der Waals surface area contributed by atoms with Gasteiger partial charge in [-0.05, 0) is 5.92 Å². The van der Waals surface area contributed by atoms with Crippen LogP contribution < -0.4 is 5.73 Å². The van der Waals surface area contributed by atoms with Gasteiger partial charge in [0.2, 0.25) is 0 Å². The van der Waals surface area contributed by atoms with Crippen molar-refractivity contribution in [3.8, 4) is 0 Å². The maximum atomic E-state index is 9.49. The highest BCUT2D eigenvalue weighted by molar-refractivity contribution is 5.02. The maximum Gasteiger partial charge on any atom is 0.111 e. The summed E-state index contributed by atoms with van der Waals surface area (Å²) in [6, 6.07) is -0.142. The molecule has 0 amide bonds. The van der Waals surface area contributed by atoms with E-state index in [1.165, 1.54) is 0 Å². The standard InChI is InChI=1S/C12H23N3O/c1-8(2)11(13)10(7-16)15-6-5-14-12(15)9(3)4/h5-6,8-11,16H,7,13H2,1-4H3. The summed E-state index contributed by atoms with van der Waals surface area (Å²) in [5, 5.41) is 9.49. The zero-order chi connectivity index (χ0) is 12.3. The molecule has 3 N–H and O–H groups in total. The van der Waals surface area contributed by atoms with Gasteiger partial charge in [0.25, 0.3) is 0 Å². The van der Waals surface area contributed by atoms with Gasteiger partial charge < -0.3 is 15.4 Å². The third-order valence-electron chi connectivity index (χ3n) is 2.97. The van der Waals surface area contributed by atoms with Crippen molar-refractivity contribution < 1.29 is 5.11 Å². The lowest BCUT2D eigenvalue weighted by Crippen LogP contribution is -2.39. The summed E-state index contributed by atoms with van der Waals surface area (Å²) < 4.78 is 2.01. The van der Waals surface area contributed by atoms with Crippen molar-refractivity contribution in [2.45, 2.75) is 45.7 Å². The molecule has 0 aliphatic heterocycles. The van der Waals surface area contributed by atoms with Crippen LogP contribution in [0.5, 0.6) is 0 Å². The van der Waals surface area contributed by atoms with Gasteiger partial charge >= 0.3 is 0 Å². The van der Waals surface area contributed by atoms with Crippen LogP contribution in [0, 0.1) is 5.92 Å². The largest absolute Gasteiger partial charge is 0.394 e. The van der Waals surface area contributed by atoms with Crippen LogP contribution in [0.2, 0.25) is 0 Å². The minimum absolute atomic E-state index is 0.0510. The SMILES string of the molecule is CC(C)c1nccn1C(CO)C(N)C(C)C. The lowest BCUT2D eigenvalue weighted by atomic mass is 9.97. The van der Waals surface area contributed by atoms with Gasteiger partial charge in [-0.1, -0.05) is 27.7 Å². The minimum atomic E-state index is -0.0834. The Labute approximate surface area is 97.5 Å². The molecule has 4 nitrogen and oxygen atoms in total. The second-order valence-electron chi connectivity index (χ2n) is 4.92. The van der Waals surface area contributed by atoms with Gasteiger partial charge in [-0.2, -0.15) is 0 Å². The topological polar surface area (TPSA) is 64.1 Å². The van der Waals surface area contributed by atoms with Crippen LogP contribution in [-0.2, 0) is 0 Å². The molecule has 0 fully saturated rings. The Hall–Kier alpha value is -0.870. The molecule has 0 bridgehead atoms. The molecule has 16 heavy (non-hydrogen) atoms. The average Bonchev–Trinajstić information content (AvgIpc) is 2.67. The first kappa shape index (κ1) is 13.2. The molecule has 0 saturated carbocycles. The molecular formula is C12H23N3O. The van der Waals surface area contributed by atoms with E-state index in [9.17, 15) is 5.11 Å². The average molecular weight is 225 g/mol. The van der Waals surface area contributed by atoms with E-state index in [4.69, 9.17) is 5.73 Å². The molecule has 0 aromatic carbocycles. The molecule has 1 heterocycles. The fourth-order valence-corrected chi connectivity index (χ4v) is 1.89. The molecule has 0 spiro atoms. The summed E-state index contributed by atoms with van der Waals surface area (Å²) in [6.45, 7) is 8.37. The highest BCUT2D eigenvalue weighted by Gasteiger charge is 2.24. The summed E-state index contributed by atoms with van der Waals surface area (Å²) in [4.78, 5) is 4.32. The Bertz CT molecular complexity index is 320. The van der Waals surface area contributed by atoms with Gasteiger partial charge in [-0.25, -0.2) is 4.98 Å².